The van der Waals surface area contributed by atoms with Gasteiger partial charge in [0.2, 0.25) is 0 Å². The van der Waals surface area contributed by atoms with Gasteiger partial charge in [0.05, 0.1) is 0 Å². The Labute approximate surface area is 102 Å². The SMILES string of the molecule is C=CC(C=C)=CCCO[Si](C)(C)C(C)(C)C. The highest BCUT2D eigenvalue weighted by molar-refractivity contribution is 6.74. The highest BCUT2D eigenvalue weighted by Crippen LogP contribution is 2.36. The van der Waals surface area contributed by atoms with E-state index in [2.05, 4.69) is 53.1 Å². The Hall–Kier alpha value is -0.603. The first kappa shape index (κ1) is 15.4. The van der Waals surface area contributed by atoms with Gasteiger partial charge in [0.15, 0.2) is 8.32 Å². The normalized spacial score (nSPS) is 12.1. The standard InChI is InChI=1S/C14H26OSi/c1-8-13(9-2)11-10-12-15-16(6,7)14(3,4)5/h8-9,11H,1-2,10,12H2,3-7H3. The maximum atomic E-state index is 6.06. The molecule has 0 amide bonds. The van der Waals surface area contributed by atoms with Gasteiger partial charge in [0, 0.05) is 6.61 Å². The molecule has 0 aliphatic rings. The Morgan fingerprint density at radius 1 is 1.19 bits per heavy atom. The molecular weight excluding hydrogens is 212 g/mol. The molecule has 0 atom stereocenters. The van der Waals surface area contributed by atoms with E-state index >= 15 is 0 Å². The first-order valence-corrected chi connectivity index (χ1v) is 8.74. The molecule has 0 unspecified atom stereocenters. The maximum absolute atomic E-state index is 6.06. The van der Waals surface area contributed by atoms with Crippen molar-refractivity contribution in [2.24, 2.45) is 0 Å². The third-order valence-corrected chi connectivity index (χ3v) is 7.78. The van der Waals surface area contributed by atoms with E-state index in [9.17, 15) is 0 Å². The van der Waals surface area contributed by atoms with Crippen LogP contribution in [0, 0.1) is 0 Å². The van der Waals surface area contributed by atoms with E-state index in [4.69, 9.17) is 4.43 Å². The van der Waals surface area contributed by atoms with Crippen molar-refractivity contribution in [3.8, 4) is 0 Å². The van der Waals surface area contributed by atoms with Gasteiger partial charge in [-0.2, -0.15) is 0 Å². The summed E-state index contributed by atoms with van der Waals surface area (Å²) in [5.41, 5.74) is 1.08. The largest absolute Gasteiger partial charge is 0.417 e. The van der Waals surface area contributed by atoms with Gasteiger partial charge >= 0.3 is 0 Å². The van der Waals surface area contributed by atoms with Crippen molar-refractivity contribution in [3.63, 3.8) is 0 Å². The van der Waals surface area contributed by atoms with E-state index in [1.165, 1.54) is 0 Å². The lowest BCUT2D eigenvalue weighted by molar-refractivity contribution is 0.294. The molecule has 1 nitrogen and oxygen atoms in total. The molecule has 92 valence electrons. The molecule has 0 bridgehead atoms. The molecule has 0 spiro atoms. The van der Waals surface area contributed by atoms with Crippen molar-refractivity contribution < 1.29 is 4.43 Å². The molecule has 0 aromatic rings. The summed E-state index contributed by atoms with van der Waals surface area (Å²) in [6.07, 6.45) is 6.69. The Morgan fingerprint density at radius 2 is 1.69 bits per heavy atom. The van der Waals surface area contributed by atoms with Crippen LogP contribution < -0.4 is 0 Å². The fourth-order valence-electron chi connectivity index (χ4n) is 1.01. The van der Waals surface area contributed by atoms with E-state index in [1.807, 2.05) is 12.2 Å². The fourth-order valence-corrected chi connectivity index (χ4v) is 2.07. The van der Waals surface area contributed by atoms with Gasteiger partial charge < -0.3 is 4.43 Å². The summed E-state index contributed by atoms with van der Waals surface area (Å²) in [6, 6.07) is 0. The lowest BCUT2D eigenvalue weighted by Gasteiger charge is -2.36. The van der Waals surface area contributed by atoms with Crippen LogP contribution in [0.1, 0.15) is 27.2 Å². The summed E-state index contributed by atoms with van der Waals surface area (Å²) < 4.78 is 6.06. The molecule has 0 fully saturated rings. The van der Waals surface area contributed by atoms with Gasteiger partial charge in [-0.15, -0.1) is 0 Å². The molecule has 0 aromatic heterocycles. The Kier molecular flexibility index (Phi) is 5.98. The van der Waals surface area contributed by atoms with Crippen LogP contribution in [-0.2, 0) is 4.43 Å². The molecule has 0 aliphatic carbocycles. The zero-order valence-electron chi connectivity index (χ0n) is 11.5. The molecule has 0 saturated heterocycles. The maximum Gasteiger partial charge on any atom is 0.191 e. The van der Waals surface area contributed by atoms with E-state index < -0.39 is 8.32 Å². The van der Waals surface area contributed by atoms with Gasteiger partial charge in [0.25, 0.3) is 0 Å². The number of allylic oxidation sites excluding steroid dienone is 3. The minimum Gasteiger partial charge on any atom is -0.417 e. The monoisotopic (exact) mass is 238 g/mol. The minimum absolute atomic E-state index is 0.288. The Bertz CT molecular complexity index is 259. The zero-order chi connectivity index (χ0) is 12.8. The molecular formula is C14H26OSi. The van der Waals surface area contributed by atoms with Crippen molar-refractivity contribution in [2.45, 2.75) is 45.3 Å². The second-order valence-corrected chi connectivity index (χ2v) is 10.3. The minimum atomic E-state index is -1.58. The van der Waals surface area contributed by atoms with Crippen molar-refractivity contribution >= 4 is 8.32 Å². The van der Waals surface area contributed by atoms with Crippen molar-refractivity contribution in [1.29, 1.82) is 0 Å². The number of rotatable bonds is 6. The van der Waals surface area contributed by atoms with Gasteiger partial charge in [-0.05, 0) is 30.1 Å². The lowest BCUT2D eigenvalue weighted by Crippen LogP contribution is -2.40. The predicted molar refractivity (Wildman–Crippen MR) is 76.2 cm³/mol. The van der Waals surface area contributed by atoms with E-state index in [-0.39, 0.29) is 5.04 Å². The Balaban J connectivity index is 4.14. The molecule has 0 aliphatic heterocycles. The van der Waals surface area contributed by atoms with E-state index in [0.29, 0.717) is 0 Å². The van der Waals surface area contributed by atoms with Crippen LogP contribution in [0.25, 0.3) is 0 Å². The second kappa shape index (κ2) is 6.21. The highest BCUT2D eigenvalue weighted by Gasteiger charge is 2.36. The van der Waals surface area contributed by atoms with Gasteiger partial charge in [0.1, 0.15) is 0 Å². The summed E-state index contributed by atoms with van der Waals surface area (Å²) in [4.78, 5) is 0. The second-order valence-electron chi connectivity index (χ2n) is 5.51. The van der Waals surface area contributed by atoms with Crippen LogP contribution in [0.4, 0.5) is 0 Å². The number of hydrogen-bond donors (Lipinski definition) is 0. The zero-order valence-corrected chi connectivity index (χ0v) is 12.5. The molecule has 16 heavy (non-hydrogen) atoms. The summed E-state index contributed by atoms with van der Waals surface area (Å²) >= 11 is 0. The predicted octanol–water partition coefficient (Wildman–Crippen LogP) is 4.70. The van der Waals surface area contributed by atoms with Crippen LogP contribution in [0.5, 0.6) is 0 Å². The van der Waals surface area contributed by atoms with Gasteiger partial charge in [-0.1, -0.05) is 52.2 Å². The first-order valence-electron chi connectivity index (χ1n) is 5.83. The topological polar surface area (TPSA) is 9.23 Å². The third-order valence-electron chi connectivity index (χ3n) is 3.24. The summed E-state index contributed by atoms with van der Waals surface area (Å²) in [5, 5.41) is 0.288. The molecule has 0 saturated carbocycles. The third kappa shape index (κ3) is 4.95. The number of hydrogen-bond acceptors (Lipinski definition) is 1. The Morgan fingerprint density at radius 3 is 2.06 bits per heavy atom. The van der Waals surface area contributed by atoms with Crippen molar-refractivity contribution in [2.75, 3.05) is 6.61 Å². The van der Waals surface area contributed by atoms with Gasteiger partial charge in [-0.25, -0.2) is 0 Å². The molecule has 2 heteroatoms. The van der Waals surface area contributed by atoms with E-state index in [1.54, 1.807) is 0 Å². The lowest BCUT2D eigenvalue weighted by atomic mass is 10.2. The van der Waals surface area contributed by atoms with Crippen molar-refractivity contribution in [3.05, 3.63) is 37.0 Å². The average molecular weight is 238 g/mol. The van der Waals surface area contributed by atoms with Crippen LogP contribution in [-0.4, -0.2) is 14.9 Å². The summed E-state index contributed by atoms with van der Waals surface area (Å²) in [6.45, 7) is 19.6. The summed E-state index contributed by atoms with van der Waals surface area (Å²) in [7, 11) is -1.58. The fraction of sp³-hybridized carbons (Fsp3) is 0.571. The van der Waals surface area contributed by atoms with Gasteiger partial charge in [-0.3, -0.25) is 0 Å². The van der Waals surface area contributed by atoms with E-state index in [0.717, 1.165) is 18.6 Å². The molecule has 0 aromatic carbocycles. The molecule has 0 N–H and O–H groups in total. The van der Waals surface area contributed by atoms with Crippen LogP contribution >= 0.6 is 0 Å². The molecule has 0 heterocycles. The smallest absolute Gasteiger partial charge is 0.191 e. The average Bonchev–Trinajstić information content (AvgIpc) is 2.16. The highest BCUT2D eigenvalue weighted by atomic mass is 28.4. The van der Waals surface area contributed by atoms with Crippen molar-refractivity contribution in [1.82, 2.24) is 0 Å². The first-order chi connectivity index (χ1) is 7.24. The summed E-state index contributed by atoms with van der Waals surface area (Å²) in [5.74, 6) is 0. The molecule has 0 rings (SSSR count). The van der Waals surface area contributed by atoms with Crippen LogP contribution in [0.3, 0.4) is 0 Å². The molecule has 0 radical (unpaired) electrons. The van der Waals surface area contributed by atoms with Crippen LogP contribution in [0.2, 0.25) is 18.1 Å². The van der Waals surface area contributed by atoms with Crippen LogP contribution in [0.15, 0.2) is 37.0 Å². The quantitative estimate of drug-likeness (QED) is 0.370.